The van der Waals surface area contributed by atoms with Crippen LogP contribution in [-0.2, 0) is 6.42 Å². The van der Waals surface area contributed by atoms with Gasteiger partial charge in [0, 0.05) is 17.4 Å². The molecule has 0 saturated carbocycles. The monoisotopic (exact) mass is 434 g/mol. The molecule has 2 aromatic carbocycles. The van der Waals surface area contributed by atoms with Crippen LogP contribution in [0.5, 0.6) is 5.75 Å². The van der Waals surface area contributed by atoms with Gasteiger partial charge >= 0.3 is 0 Å². The zero-order valence-electron chi connectivity index (χ0n) is 13.8. The molecule has 0 bridgehead atoms. The third kappa shape index (κ3) is 3.20. The minimum absolute atomic E-state index is 0.00613. The van der Waals surface area contributed by atoms with E-state index < -0.39 is 0 Å². The Morgan fingerprint density at radius 2 is 2.00 bits per heavy atom. The molecule has 0 aliphatic carbocycles. The molecule has 0 amide bonds. The number of rotatable bonds is 6. The Kier molecular flexibility index (Phi) is 5.23. The highest BCUT2D eigenvalue weighted by Gasteiger charge is 2.22. The number of methoxy groups -OCH3 is 1. The van der Waals surface area contributed by atoms with Crippen LogP contribution in [0.2, 0.25) is 0 Å². The average Bonchev–Trinajstić information content (AvgIpc) is 2.97. The predicted octanol–water partition coefficient (Wildman–Crippen LogP) is 5.62. The van der Waals surface area contributed by atoms with Crippen molar-refractivity contribution >= 4 is 39.3 Å². The third-order valence-corrected chi connectivity index (χ3v) is 4.91. The van der Waals surface area contributed by atoms with Gasteiger partial charge in [-0.1, -0.05) is 31.5 Å². The van der Waals surface area contributed by atoms with Crippen molar-refractivity contribution < 1.29 is 13.9 Å². The molecule has 0 unspecified atom stereocenters. The first-order valence-electron chi connectivity index (χ1n) is 8.04. The molecule has 0 aliphatic rings. The first-order chi connectivity index (χ1) is 11.7. The SMILES string of the molecule is CCCCc1oc2ccccc2c1C(=O)c1ccc(OC)c(I)c1. The van der Waals surface area contributed by atoms with Crippen LogP contribution in [0.25, 0.3) is 11.0 Å². The van der Waals surface area contributed by atoms with Crippen molar-refractivity contribution in [3.8, 4) is 5.75 Å². The second kappa shape index (κ2) is 7.38. The summed E-state index contributed by atoms with van der Waals surface area (Å²) in [4.78, 5) is 13.2. The van der Waals surface area contributed by atoms with E-state index in [1.165, 1.54) is 0 Å². The van der Waals surface area contributed by atoms with Crippen LogP contribution < -0.4 is 4.74 Å². The summed E-state index contributed by atoms with van der Waals surface area (Å²) in [6.45, 7) is 2.13. The number of carbonyl (C=O) groups excluding carboxylic acids is 1. The Morgan fingerprint density at radius 1 is 1.21 bits per heavy atom. The van der Waals surface area contributed by atoms with Gasteiger partial charge < -0.3 is 9.15 Å². The van der Waals surface area contributed by atoms with Crippen molar-refractivity contribution in [2.75, 3.05) is 7.11 Å². The van der Waals surface area contributed by atoms with E-state index in [9.17, 15) is 4.79 Å². The molecule has 3 rings (SSSR count). The maximum atomic E-state index is 13.2. The average molecular weight is 434 g/mol. The molecular weight excluding hydrogens is 415 g/mol. The number of ether oxygens (including phenoxy) is 1. The lowest BCUT2D eigenvalue weighted by Gasteiger charge is -2.06. The van der Waals surface area contributed by atoms with Crippen LogP contribution >= 0.6 is 22.6 Å². The van der Waals surface area contributed by atoms with Crippen molar-refractivity contribution in [1.82, 2.24) is 0 Å². The number of unbranched alkanes of at least 4 members (excludes halogenated alkanes) is 1. The Hall–Kier alpha value is -1.82. The molecule has 3 nitrogen and oxygen atoms in total. The van der Waals surface area contributed by atoms with Gasteiger partial charge in [0.1, 0.15) is 17.1 Å². The smallest absolute Gasteiger partial charge is 0.197 e. The molecule has 1 heterocycles. The fraction of sp³-hybridized carbons (Fsp3) is 0.250. The van der Waals surface area contributed by atoms with Gasteiger partial charge in [-0.15, -0.1) is 0 Å². The van der Waals surface area contributed by atoms with E-state index in [-0.39, 0.29) is 5.78 Å². The summed E-state index contributed by atoms with van der Waals surface area (Å²) in [7, 11) is 1.63. The third-order valence-electron chi connectivity index (χ3n) is 4.07. The van der Waals surface area contributed by atoms with E-state index in [0.29, 0.717) is 11.1 Å². The van der Waals surface area contributed by atoms with Crippen LogP contribution in [-0.4, -0.2) is 12.9 Å². The van der Waals surface area contributed by atoms with Crippen LogP contribution in [0.15, 0.2) is 46.9 Å². The van der Waals surface area contributed by atoms with Crippen molar-refractivity contribution in [3.05, 3.63) is 62.9 Å². The normalized spacial score (nSPS) is 11.0. The molecule has 0 N–H and O–H groups in total. The van der Waals surface area contributed by atoms with Crippen LogP contribution in [0.4, 0.5) is 0 Å². The van der Waals surface area contributed by atoms with E-state index >= 15 is 0 Å². The lowest BCUT2D eigenvalue weighted by Crippen LogP contribution is -2.05. The molecule has 1 aromatic heterocycles. The van der Waals surface area contributed by atoms with Crippen molar-refractivity contribution in [1.29, 1.82) is 0 Å². The maximum Gasteiger partial charge on any atom is 0.197 e. The zero-order chi connectivity index (χ0) is 17.1. The topological polar surface area (TPSA) is 39.4 Å². The van der Waals surface area contributed by atoms with Gasteiger partial charge in [0.25, 0.3) is 0 Å². The molecule has 0 spiro atoms. The summed E-state index contributed by atoms with van der Waals surface area (Å²) in [5.74, 6) is 1.57. The van der Waals surface area contributed by atoms with Gasteiger partial charge in [-0.2, -0.15) is 0 Å². The molecule has 4 heteroatoms. The van der Waals surface area contributed by atoms with Crippen molar-refractivity contribution in [2.45, 2.75) is 26.2 Å². The van der Waals surface area contributed by atoms with Crippen molar-refractivity contribution in [2.24, 2.45) is 0 Å². The van der Waals surface area contributed by atoms with E-state index in [2.05, 4.69) is 29.5 Å². The minimum atomic E-state index is 0.00613. The van der Waals surface area contributed by atoms with Gasteiger partial charge in [0.15, 0.2) is 5.78 Å². The molecule has 0 saturated heterocycles. The second-order valence-electron chi connectivity index (χ2n) is 5.68. The van der Waals surface area contributed by atoms with E-state index in [4.69, 9.17) is 9.15 Å². The van der Waals surface area contributed by atoms with Gasteiger partial charge in [-0.3, -0.25) is 4.79 Å². The number of hydrogen-bond donors (Lipinski definition) is 0. The fourth-order valence-electron chi connectivity index (χ4n) is 2.81. The van der Waals surface area contributed by atoms with Crippen LogP contribution in [0.3, 0.4) is 0 Å². The molecular formula is C20H19IO3. The molecule has 0 fully saturated rings. The number of fused-ring (bicyclic) bond motifs is 1. The second-order valence-corrected chi connectivity index (χ2v) is 6.84. The highest BCUT2D eigenvalue weighted by Crippen LogP contribution is 2.30. The largest absolute Gasteiger partial charge is 0.496 e. The number of hydrogen-bond acceptors (Lipinski definition) is 3. The van der Waals surface area contributed by atoms with Gasteiger partial charge in [-0.25, -0.2) is 0 Å². The Labute approximate surface area is 155 Å². The van der Waals surface area contributed by atoms with Crippen LogP contribution in [0.1, 0.15) is 41.4 Å². The van der Waals surface area contributed by atoms with Crippen molar-refractivity contribution in [3.63, 3.8) is 0 Å². The summed E-state index contributed by atoms with van der Waals surface area (Å²) in [6.07, 6.45) is 2.84. The van der Waals surface area contributed by atoms with Crippen LogP contribution in [0, 0.1) is 3.57 Å². The number of para-hydroxylation sites is 1. The standard InChI is InChI=1S/C20H19IO3/c1-3-4-8-18-19(14-7-5-6-9-16(14)24-18)20(22)13-10-11-17(23-2)15(21)12-13/h5-7,9-12H,3-4,8H2,1-2H3. The number of halogens is 1. The number of aryl methyl sites for hydroxylation is 1. The van der Waals surface area contributed by atoms with Gasteiger partial charge in [0.05, 0.1) is 16.2 Å². The summed E-state index contributed by atoms with van der Waals surface area (Å²) in [5.41, 5.74) is 2.12. The van der Waals surface area contributed by atoms with E-state index in [0.717, 1.165) is 45.3 Å². The Balaban J connectivity index is 2.09. The number of furan rings is 1. The lowest BCUT2D eigenvalue weighted by molar-refractivity contribution is 0.103. The molecule has 0 radical (unpaired) electrons. The predicted molar refractivity (Wildman–Crippen MR) is 104 cm³/mol. The minimum Gasteiger partial charge on any atom is -0.496 e. The summed E-state index contributed by atoms with van der Waals surface area (Å²) in [6, 6.07) is 13.3. The molecule has 0 atom stereocenters. The molecule has 3 aromatic rings. The first kappa shape index (κ1) is 17.0. The first-order valence-corrected chi connectivity index (χ1v) is 9.12. The summed E-state index contributed by atoms with van der Waals surface area (Å²) in [5, 5.41) is 0.888. The highest BCUT2D eigenvalue weighted by molar-refractivity contribution is 14.1. The Bertz CT molecular complexity index is 880. The number of benzene rings is 2. The number of ketones is 1. The van der Waals surface area contributed by atoms with Gasteiger partial charge in [-0.05, 0) is 53.3 Å². The zero-order valence-corrected chi connectivity index (χ0v) is 15.9. The Morgan fingerprint density at radius 3 is 2.71 bits per heavy atom. The van der Waals surface area contributed by atoms with E-state index in [1.54, 1.807) is 7.11 Å². The van der Waals surface area contributed by atoms with E-state index in [1.807, 2.05) is 42.5 Å². The number of carbonyl (C=O) groups is 1. The molecule has 124 valence electrons. The molecule has 0 aliphatic heterocycles. The fourth-order valence-corrected chi connectivity index (χ4v) is 3.55. The maximum absolute atomic E-state index is 13.2. The summed E-state index contributed by atoms with van der Waals surface area (Å²) >= 11 is 2.19. The quantitative estimate of drug-likeness (QED) is 0.374. The van der Waals surface area contributed by atoms with Gasteiger partial charge in [0.2, 0.25) is 0 Å². The molecule has 24 heavy (non-hydrogen) atoms. The lowest BCUT2D eigenvalue weighted by atomic mass is 9.98. The highest BCUT2D eigenvalue weighted by atomic mass is 127. The summed E-state index contributed by atoms with van der Waals surface area (Å²) < 4.78 is 12.2.